The molecular formula is C15H16N4OS. The van der Waals surface area contributed by atoms with Crippen molar-refractivity contribution in [3.63, 3.8) is 0 Å². The summed E-state index contributed by atoms with van der Waals surface area (Å²) in [5.74, 6) is 0.911. The summed E-state index contributed by atoms with van der Waals surface area (Å²) in [4.78, 5) is 23.4. The van der Waals surface area contributed by atoms with Crippen LogP contribution in [-0.2, 0) is 5.75 Å². The highest BCUT2D eigenvalue weighted by Crippen LogP contribution is 2.20. The molecule has 0 unspecified atom stereocenters. The van der Waals surface area contributed by atoms with E-state index in [0.29, 0.717) is 10.9 Å². The van der Waals surface area contributed by atoms with Gasteiger partial charge in [0.25, 0.3) is 5.56 Å². The molecular weight excluding hydrogens is 284 g/mol. The van der Waals surface area contributed by atoms with Crippen LogP contribution in [-0.4, -0.2) is 19.4 Å². The highest BCUT2D eigenvalue weighted by atomic mass is 32.2. The second kappa shape index (κ2) is 5.73. The van der Waals surface area contributed by atoms with Gasteiger partial charge in [0.2, 0.25) is 0 Å². The fourth-order valence-corrected chi connectivity index (χ4v) is 2.78. The topological polar surface area (TPSA) is 63.0 Å². The normalized spacial score (nSPS) is 11.4. The van der Waals surface area contributed by atoms with Crippen LogP contribution in [0.15, 0.2) is 46.6 Å². The number of aromatic nitrogens is 4. The monoisotopic (exact) mass is 300 g/mol. The van der Waals surface area contributed by atoms with E-state index in [4.69, 9.17) is 0 Å². The number of imidazole rings is 1. The van der Waals surface area contributed by atoms with Gasteiger partial charge in [0.1, 0.15) is 5.65 Å². The Labute approximate surface area is 126 Å². The van der Waals surface area contributed by atoms with Crippen molar-refractivity contribution in [1.29, 1.82) is 0 Å². The minimum Gasteiger partial charge on any atom is -0.307 e. The van der Waals surface area contributed by atoms with Gasteiger partial charge in [0.05, 0.1) is 11.4 Å². The van der Waals surface area contributed by atoms with Crippen LogP contribution >= 0.6 is 11.8 Å². The summed E-state index contributed by atoms with van der Waals surface area (Å²) in [5.41, 5.74) is 2.59. The number of H-pyrrole nitrogens is 1. The van der Waals surface area contributed by atoms with Gasteiger partial charge in [-0.1, -0.05) is 31.7 Å². The minimum absolute atomic E-state index is 0.105. The maximum Gasteiger partial charge on any atom is 0.251 e. The zero-order valence-corrected chi connectivity index (χ0v) is 12.7. The van der Waals surface area contributed by atoms with E-state index in [0.717, 1.165) is 17.0 Å². The van der Waals surface area contributed by atoms with Crippen molar-refractivity contribution in [2.24, 2.45) is 0 Å². The number of rotatable bonds is 4. The molecule has 0 radical (unpaired) electrons. The first kappa shape index (κ1) is 13.9. The molecule has 6 heteroatoms. The maximum absolute atomic E-state index is 11.6. The Bertz CT molecular complexity index is 789. The number of nitrogens with zero attached hydrogens (tertiary/aromatic N) is 3. The van der Waals surface area contributed by atoms with Gasteiger partial charge in [0, 0.05) is 24.2 Å². The summed E-state index contributed by atoms with van der Waals surface area (Å²) in [6.07, 6.45) is 3.96. The lowest BCUT2D eigenvalue weighted by Gasteiger charge is -2.05. The van der Waals surface area contributed by atoms with E-state index in [1.807, 2.05) is 48.8 Å². The lowest BCUT2D eigenvalue weighted by molar-refractivity contribution is 0.769. The molecule has 0 atom stereocenters. The first-order chi connectivity index (χ1) is 10.1. The van der Waals surface area contributed by atoms with Crippen LogP contribution in [0.4, 0.5) is 0 Å². The van der Waals surface area contributed by atoms with Gasteiger partial charge in [-0.05, 0) is 18.1 Å². The number of fused-ring (bicyclic) bond motifs is 1. The molecule has 0 bridgehead atoms. The molecule has 0 saturated heterocycles. The Balaban J connectivity index is 1.79. The van der Waals surface area contributed by atoms with Gasteiger partial charge >= 0.3 is 0 Å². The predicted molar refractivity (Wildman–Crippen MR) is 83.7 cm³/mol. The zero-order chi connectivity index (χ0) is 14.8. The molecule has 3 rings (SSSR count). The number of aromatic amines is 1. The molecule has 108 valence electrons. The lowest BCUT2D eigenvalue weighted by atomic mass is 10.1. The third kappa shape index (κ3) is 3.16. The Kier molecular flexibility index (Phi) is 3.79. The van der Waals surface area contributed by atoms with Gasteiger partial charge in [-0.2, -0.15) is 0 Å². The van der Waals surface area contributed by atoms with Crippen molar-refractivity contribution in [2.45, 2.75) is 30.7 Å². The predicted octanol–water partition coefficient (Wildman–Crippen LogP) is 2.83. The van der Waals surface area contributed by atoms with Crippen molar-refractivity contribution in [2.75, 3.05) is 0 Å². The molecule has 3 aromatic rings. The van der Waals surface area contributed by atoms with Crippen LogP contribution in [0, 0.1) is 0 Å². The Morgan fingerprint density at radius 2 is 2.19 bits per heavy atom. The van der Waals surface area contributed by atoms with Gasteiger partial charge in [-0.15, -0.1) is 0 Å². The van der Waals surface area contributed by atoms with Crippen molar-refractivity contribution < 1.29 is 0 Å². The average molecular weight is 300 g/mol. The van der Waals surface area contributed by atoms with E-state index in [-0.39, 0.29) is 11.5 Å². The molecule has 0 aliphatic heterocycles. The van der Waals surface area contributed by atoms with Gasteiger partial charge in [-0.3, -0.25) is 4.79 Å². The standard InChI is InChI=1S/C15H16N4OS/c1-10(2)12-7-14(20)18-15(17-12)21-9-11-8-19-6-4-3-5-13(19)16-11/h3-8,10H,9H2,1-2H3,(H,17,18,20). The van der Waals surface area contributed by atoms with Gasteiger partial charge in [0.15, 0.2) is 5.16 Å². The Morgan fingerprint density at radius 3 is 2.95 bits per heavy atom. The SMILES string of the molecule is CC(C)c1cc(=O)[nH]c(SCc2cn3ccccc3n2)n1. The lowest BCUT2D eigenvalue weighted by Crippen LogP contribution is -2.10. The minimum atomic E-state index is -0.105. The van der Waals surface area contributed by atoms with E-state index in [2.05, 4.69) is 15.0 Å². The quantitative estimate of drug-likeness (QED) is 0.594. The summed E-state index contributed by atoms with van der Waals surface area (Å²) >= 11 is 1.49. The fraction of sp³-hybridized carbons (Fsp3) is 0.267. The second-order valence-corrected chi connectivity index (χ2v) is 6.08. The molecule has 0 spiro atoms. The van der Waals surface area contributed by atoms with Crippen LogP contribution < -0.4 is 5.56 Å². The number of thioether (sulfide) groups is 1. The number of hydrogen-bond acceptors (Lipinski definition) is 4. The fourth-order valence-electron chi connectivity index (χ4n) is 2.02. The van der Waals surface area contributed by atoms with Crippen LogP contribution in [0.3, 0.4) is 0 Å². The molecule has 0 amide bonds. The molecule has 0 aromatic carbocycles. The van der Waals surface area contributed by atoms with E-state index in [1.54, 1.807) is 6.07 Å². The largest absolute Gasteiger partial charge is 0.307 e. The average Bonchev–Trinajstić information content (AvgIpc) is 2.87. The molecule has 3 heterocycles. The van der Waals surface area contributed by atoms with Crippen LogP contribution in [0.1, 0.15) is 31.2 Å². The molecule has 3 aromatic heterocycles. The van der Waals surface area contributed by atoms with Crippen molar-refractivity contribution in [1.82, 2.24) is 19.4 Å². The first-order valence-corrected chi connectivity index (χ1v) is 7.77. The number of pyridine rings is 1. The summed E-state index contributed by atoms with van der Waals surface area (Å²) in [6, 6.07) is 7.45. The third-order valence-electron chi connectivity index (χ3n) is 3.10. The zero-order valence-electron chi connectivity index (χ0n) is 11.9. The van der Waals surface area contributed by atoms with E-state index in [9.17, 15) is 4.79 Å². The number of hydrogen-bond donors (Lipinski definition) is 1. The van der Waals surface area contributed by atoms with Crippen LogP contribution in [0.5, 0.6) is 0 Å². The highest BCUT2D eigenvalue weighted by molar-refractivity contribution is 7.98. The molecule has 0 fully saturated rings. The van der Waals surface area contributed by atoms with Gasteiger partial charge in [-0.25, -0.2) is 9.97 Å². The summed E-state index contributed by atoms with van der Waals surface area (Å²) < 4.78 is 1.98. The highest BCUT2D eigenvalue weighted by Gasteiger charge is 2.07. The molecule has 0 aliphatic carbocycles. The van der Waals surface area contributed by atoms with Crippen molar-refractivity contribution in [3.8, 4) is 0 Å². The van der Waals surface area contributed by atoms with E-state index < -0.39 is 0 Å². The van der Waals surface area contributed by atoms with Crippen LogP contribution in [0.2, 0.25) is 0 Å². The van der Waals surface area contributed by atoms with Crippen molar-refractivity contribution in [3.05, 3.63) is 58.4 Å². The summed E-state index contributed by atoms with van der Waals surface area (Å²) in [7, 11) is 0. The van der Waals surface area contributed by atoms with Crippen LogP contribution in [0.25, 0.3) is 5.65 Å². The second-order valence-electron chi connectivity index (χ2n) is 5.12. The molecule has 1 N–H and O–H groups in total. The van der Waals surface area contributed by atoms with Gasteiger partial charge < -0.3 is 9.38 Å². The molecule has 0 saturated carbocycles. The molecule has 5 nitrogen and oxygen atoms in total. The number of nitrogens with one attached hydrogen (secondary N) is 1. The van der Waals surface area contributed by atoms with Crippen molar-refractivity contribution >= 4 is 17.4 Å². The summed E-state index contributed by atoms with van der Waals surface area (Å²) in [5, 5.41) is 0.642. The van der Waals surface area contributed by atoms with E-state index in [1.165, 1.54) is 11.8 Å². The maximum atomic E-state index is 11.6. The molecule has 21 heavy (non-hydrogen) atoms. The Hall–Kier alpha value is -2.08. The third-order valence-corrected chi connectivity index (χ3v) is 4.01. The smallest absolute Gasteiger partial charge is 0.251 e. The first-order valence-electron chi connectivity index (χ1n) is 6.78. The molecule has 0 aliphatic rings. The van der Waals surface area contributed by atoms with E-state index >= 15 is 0 Å². The summed E-state index contributed by atoms with van der Waals surface area (Å²) in [6.45, 7) is 4.05. The Morgan fingerprint density at radius 1 is 1.33 bits per heavy atom.